The van der Waals surface area contributed by atoms with Gasteiger partial charge in [-0.15, -0.1) is 0 Å². The van der Waals surface area contributed by atoms with Gasteiger partial charge in [-0.05, 0) is 18.8 Å². The van der Waals surface area contributed by atoms with Crippen molar-refractivity contribution in [3.8, 4) is 0 Å². The molecule has 0 aliphatic rings. The molecule has 0 fully saturated rings. The van der Waals surface area contributed by atoms with Gasteiger partial charge in [-0.3, -0.25) is 0 Å². The highest BCUT2D eigenvalue weighted by atomic mass is 32.2. The molecule has 0 rings (SSSR count). The van der Waals surface area contributed by atoms with Crippen molar-refractivity contribution in [1.82, 2.24) is 15.4 Å². The quantitative estimate of drug-likeness (QED) is 0.436. The molecule has 0 bridgehead atoms. The number of nitrogens with one attached hydrogen (secondary N) is 3. The maximum atomic E-state index is 11.5. The molecule has 0 heterocycles. The summed E-state index contributed by atoms with van der Waals surface area (Å²) in [7, 11) is -3.22. The van der Waals surface area contributed by atoms with Crippen molar-refractivity contribution in [2.24, 2.45) is 5.92 Å². The molecule has 0 aromatic rings. The van der Waals surface area contributed by atoms with E-state index in [4.69, 9.17) is 5.11 Å². The van der Waals surface area contributed by atoms with E-state index in [1.54, 1.807) is 0 Å². The van der Waals surface area contributed by atoms with Crippen LogP contribution < -0.4 is 15.4 Å². The van der Waals surface area contributed by atoms with Gasteiger partial charge in [0.15, 0.2) is 0 Å². The topological polar surface area (TPSA) is 125 Å². The minimum Gasteiger partial charge on any atom is -0.480 e. The van der Waals surface area contributed by atoms with Crippen LogP contribution in [-0.4, -0.2) is 50.9 Å². The first-order valence-electron chi connectivity index (χ1n) is 6.33. The van der Waals surface area contributed by atoms with E-state index < -0.39 is 28.1 Å². The first-order chi connectivity index (χ1) is 9.11. The van der Waals surface area contributed by atoms with Crippen molar-refractivity contribution in [3.63, 3.8) is 0 Å². The summed E-state index contributed by atoms with van der Waals surface area (Å²) in [6, 6.07) is -1.50. The van der Waals surface area contributed by atoms with Crippen LogP contribution in [0.1, 0.15) is 26.7 Å². The predicted molar refractivity (Wildman–Crippen MR) is 74.9 cm³/mol. The van der Waals surface area contributed by atoms with Gasteiger partial charge in [0.1, 0.15) is 6.04 Å². The molecule has 9 heteroatoms. The molecule has 0 radical (unpaired) electrons. The maximum absolute atomic E-state index is 11.5. The summed E-state index contributed by atoms with van der Waals surface area (Å²) in [5, 5.41) is 13.8. The Morgan fingerprint density at radius 3 is 2.25 bits per heavy atom. The molecule has 0 saturated heterocycles. The summed E-state index contributed by atoms with van der Waals surface area (Å²) in [6.45, 7) is 4.20. The van der Waals surface area contributed by atoms with Crippen LogP contribution in [0.3, 0.4) is 0 Å². The predicted octanol–water partition coefficient (Wildman–Crippen LogP) is -0.276. The molecule has 0 aromatic carbocycles. The summed E-state index contributed by atoms with van der Waals surface area (Å²) < 4.78 is 23.8. The first-order valence-corrected chi connectivity index (χ1v) is 8.22. The lowest BCUT2D eigenvalue weighted by molar-refractivity contribution is -0.139. The van der Waals surface area contributed by atoms with Crippen molar-refractivity contribution in [3.05, 3.63) is 0 Å². The lowest BCUT2D eigenvalue weighted by Gasteiger charge is -2.16. The number of carbonyl (C=O) groups excluding carboxylic acids is 1. The van der Waals surface area contributed by atoms with Gasteiger partial charge in [0, 0.05) is 13.1 Å². The molecule has 8 nitrogen and oxygen atoms in total. The maximum Gasteiger partial charge on any atom is 0.326 e. The average Bonchev–Trinajstić information content (AvgIpc) is 2.25. The Morgan fingerprint density at radius 1 is 1.20 bits per heavy atom. The largest absolute Gasteiger partial charge is 0.480 e. The molecule has 2 amide bonds. The van der Waals surface area contributed by atoms with E-state index in [1.807, 2.05) is 13.8 Å². The Hall–Kier alpha value is -1.35. The lowest BCUT2D eigenvalue weighted by atomic mass is 10.0. The number of hydrogen-bond donors (Lipinski definition) is 4. The smallest absolute Gasteiger partial charge is 0.326 e. The number of hydrogen-bond acceptors (Lipinski definition) is 4. The number of urea groups is 1. The molecule has 0 aliphatic carbocycles. The van der Waals surface area contributed by atoms with Crippen molar-refractivity contribution < 1.29 is 23.1 Å². The van der Waals surface area contributed by atoms with Gasteiger partial charge in [-0.25, -0.2) is 22.7 Å². The third-order valence-electron chi connectivity index (χ3n) is 2.31. The second-order valence-electron chi connectivity index (χ2n) is 4.94. The van der Waals surface area contributed by atoms with Crippen LogP contribution in [0.25, 0.3) is 0 Å². The highest BCUT2D eigenvalue weighted by molar-refractivity contribution is 7.88. The number of rotatable bonds is 9. The zero-order valence-electron chi connectivity index (χ0n) is 12.0. The van der Waals surface area contributed by atoms with Crippen LogP contribution in [0.4, 0.5) is 4.79 Å². The second kappa shape index (κ2) is 8.75. The highest BCUT2D eigenvalue weighted by Gasteiger charge is 2.20. The molecular weight excluding hydrogens is 286 g/mol. The van der Waals surface area contributed by atoms with Crippen LogP contribution in [0, 0.1) is 5.92 Å². The van der Waals surface area contributed by atoms with E-state index in [2.05, 4.69) is 15.4 Å². The van der Waals surface area contributed by atoms with Crippen LogP contribution in [-0.2, 0) is 14.8 Å². The number of carboxylic acids is 1. The van der Waals surface area contributed by atoms with E-state index in [0.717, 1.165) is 6.26 Å². The SMILES string of the molecule is CC(C)CC(NC(=O)NCCCNS(C)(=O)=O)C(=O)O. The molecule has 118 valence electrons. The molecule has 1 atom stereocenters. The van der Waals surface area contributed by atoms with Crippen LogP contribution in [0.2, 0.25) is 0 Å². The zero-order chi connectivity index (χ0) is 15.8. The van der Waals surface area contributed by atoms with E-state index in [1.165, 1.54) is 0 Å². The number of carbonyl (C=O) groups is 2. The molecule has 0 aromatic heterocycles. The number of aliphatic carboxylic acids is 1. The minimum atomic E-state index is -3.22. The summed E-state index contributed by atoms with van der Waals surface area (Å²) in [5.74, 6) is -0.928. The first kappa shape index (κ1) is 18.7. The second-order valence-corrected chi connectivity index (χ2v) is 6.77. The van der Waals surface area contributed by atoms with E-state index >= 15 is 0 Å². The minimum absolute atomic E-state index is 0.148. The molecule has 20 heavy (non-hydrogen) atoms. The van der Waals surface area contributed by atoms with E-state index in [0.29, 0.717) is 12.8 Å². The van der Waals surface area contributed by atoms with Crippen molar-refractivity contribution in [1.29, 1.82) is 0 Å². The molecule has 4 N–H and O–H groups in total. The van der Waals surface area contributed by atoms with E-state index in [9.17, 15) is 18.0 Å². The number of amides is 2. The van der Waals surface area contributed by atoms with Gasteiger partial charge >= 0.3 is 12.0 Å². The monoisotopic (exact) mass is 309 g/mol. The Morgan fingerprint density at radius 2 is 1.80 bits per heavy atom. The molecule has 0 spiro atoms. The van der Waals surface area contributed by atoms with Gasteiger partial charge < -0.3 is 15.7 Å². The Balaban J connectivity index is 3.94. The van der Waals surface area contributed by atoms with Crippen molar-refractivity contribution in [2.75, 3.05) is 19.3 Å². The molecule has 0 aliphatic heterocycles. The van der Waals surface area contributed by atoms with Crippen molar-refractivity contribution >= 4 is 22.0 Å². The van der Waals surface area contributed by atoms with Crippen molar-refractivity contribution in [2.45, 2.75) is 32.7 Å². The normalized spacial score (nSPS) is 13.0. The lowest BCUT2D eigenvalue weighted by Crippen LogP contribution is -2.47. The summed E-state index contributed by atoms with van der Waals surface area (Å²) in [4.78, 5) is 22.4. The third-order valence-corrected chi connectivity index (χ3v) is 3.04. The summed E-state index contributed by atoms with van der Waals surface area (Å²) >= 11 is 0. The summed E-state index contributed by atoms with van der Waals surface area (Å²) in [5.41, 5.74) is 0. The highest BCUT2D eigenvalue weighted by Crippen LogP contribution is 2.04. The molecule has 0 saturated carbocycles. The van der Waals surface area contributed by atoms with Crippen LogP contribution in [0.15, 0.2) is 0 Å². The molecule has 1 unspecified atom stereocenters. The fraction of sp³-hybridized carbons (Fsp3) is 0.818. The van der Waals surface area contributed by atoms with E-state index in [-0.39, 0.29) is 19.0 Å². The number of sulfonamides is 1. The Kier molecular flexibility index (Phi) is 8.16. The van der Waals surface area contributed by atoms with Gasteiger partial charge in [0.05, 0.1) is 6.26 Å². The van der Waals surface area contributed by atoms with Gasteiger partial charge in [0.25, 0.3) is 0 Å². The summed E-state index contributed by atoms with van der Waals surface area (Å²) in [6.07, 6.45) is 1.82. The fourth-order valence-electron chi connectivity index (χ4n) is 1.45. The van der Waals surface area contributed by atoms with Gasteiger partial charge in [-0.1, -0.05) is 13.8 Å². The third kappa shape index (κ3) is 10.6. The van der Waals surface area contributed by atoms with Crippen LogP contribution >= 0.6 is 0 Å². The van der Waals surface area contributed by atoms with Gasteiger partial charge in [-0.2, -0.15) is 0 Å². The van der Waals surface area contributed by atoms with Crippen LogP contribution in [0.5, 0.6) is 0 Å². The average molecular weight is 309 g/mol. The zero-order valence-corrected chi connectivity index (χ0v) is 12.8. The van der Waals surface area contributed by atoms with Gasteiger partial charge in [0.2, 0.25) is 10.0 Å². The standard InChI is InChI=1S/C11H23N3O5S/c1-8(2)7-9(10(15)16)14-11(17)12-5-4-6-13-20(3,18)19/h8-9,13H,4-7H2,1-3H3,(H,15,16)(H2,12,14,17). The fourth-order valence-corrected chi connectivity index (χ4v) is 1.97. The number of carboxylic acid groups (broad SMARTS) is 1. The Bertz CT molecular complexity index is 422. The Labute approximate surface area is 119 Å². The molecular formula is C11H23N3O5S.